The van der Waals surface area contributed by atoms with E-state index >= 15 is 0 Å². The molecule has 1 aliphatic rings. The number of hydrogen-bond acceptors (Lipinski definition) is 2. The zero-order valence-corrected chi connectivity index (χ0v) is 12.3. The normalized spacial score (nSPS) is 21.7. The molecule has 0 aliphatic carbocycles. The first-order valence-corrected chi connectivity index (χ1v) is 7.15. The summed E-state index contributed by atoms with van der Waals surface area (Å²) in [6.45, 7) is 6.74. The number of carboxylic acids is 1. The summed E-state index contributed by atoms with van der Waals surface area (Å²) in [6.07, 6.45) is 0. The minimum atomic E-state index is -0.953. The number of benzene rings is 1. The molecule has 3 rings (SSSR count). The lowest BCUT2D eigenvalue weighted by molar-refractivity contribution is 0.0582. The molecule has 21 heavy (non-hydrogen) atoms. The molecule has 0 spiro atoms. The van der Waals surface area contributed by atoms with Gasteiger partial charge in [0.15, 0.2) is 0 Å². The van der Waals surface area contributed by atoms with Crippen LogP contribution in [0.15, 0.2) is 24.3 Å². The van der Waals surface area contributed by atoms with Crippen LogP contribution < -0.4 is 0 Å². The number of likely N-dealkylation sites (N-methyl/N-ethyl adjacent to an activating group) is 1. The van der Waals surface area contributed by atoms with Crippen LogP contribution in [0.3, 0.4) is 0 Å². The highest BCUT2D eigenvalue weighted by Crippen LogP contribution is 2.33. The van der Waals surface area contributed by atoms with Crippen LogP contribution in [0.1, 0.15) is 47.7 Å². The molecule has 0 saturated carbocycles. The van der Waals surface area contributed by atoms with Crippen molar-refractivity contribution in [3.8, 4) is 0 Å². The van der Waals surface area contributed by atoms with Crippen LogP contribution in [0.4, 0.5) is 0 Å². The summed E-state index contributed by atoms with van der Waals surface area (Å²) in [5, 5.41) is 10.1. The molecule has 1 aromatic carbocycles. The Morgan fingerprint density at radius 2 is 1.95 bits per heavy atom. The van der Waals surface area contributed by atoms with Crippen molar-refractivity contribution in [3.05, 3.63) is 35.5 Å². The maximum Gasteiger partial charge on any atom is 0.335 e. The van der Waals surface area contributed by atoms with Crippen molar-refractivity contribution in [3.63, 3.8) is 0 Å². The smallest absolute Gasteiger partial charge is 0.335 e. The zero-order chi connectivity index (χ0) is 15.3. The number of rotatable bonds is 2. The molecule has 1 aromatic heterocycles. The number of carbonyl (C=O) groups excluding carboxylic acids is 1. The molecule has 2 heterocycles. The average molecular weight is 286 g/mol. The van der Waals surface area contributed by atoms with Gasteiger partial charge in [0.2, 0.25) is 0 Å². The van der Waals surface area contributed by atoms with Gasteiger partial charge in [-0.2, -0.15) is 0 Å². The summed E-state index contributed by atoms with van der Waals surface area (Å²) < 4.78 is 1.97. The van der Waals surface area contributed by atoms with Crippen LogP contribution in [-0.4, -0.2) is 39.0 Å². The van der Waals surface area contributed by atoms with E-state index in [2.05, 4.69) is 6.92 Å². The highest BCUT2D eigenvalue weighted by molar-refractivity contribution is 6.01. The number of carboxylic acid groups (broad SMARTS) is 1. The van der Waals surface area contributed by atoms with Gasteiger partial charge in [-0.1, -0.05) is 6.07 Å². The van der Waals surface area contributed by atoms with E-state index in [1.54, 1.807) is 18.2 Å². The molecule has 1 amide bonds. The predicted molar refractivity (Wildman–Crippen MR) is 79.8 cm³/mol. The van der Waals surface area contributed by atoms with E-state index in [1.165, 1.54) is 0 Å². The van der Waals surface area contributed by atoms with Crippen LogP contribution in [0.2, 0.25) is 0 Å². The largest absolute Gasteiger partial charge is 0.478 e. The van der Waals surface area contributed by atoms with Crippen molar-refractivity contribution >= 4 is 22.8 Å². The topological polar surface area (TPSA) is 62.5 Å². The quantitative estimate of drug-likeness (QED) is 0.923. The molecule has 5 nitrogen and oxygen atoms in total. The number of aromatic carboxylic acids is 1. The Bertz CT molecular complexity index is 747. The van der Waals surface area contributed by atoms with Crippen LogP contribution in [0.25, 0.3) is 10.9 Å². The van der Waals surface area contributed by atoms with Crippen LogP contribution in [0, 0.1) is 0 Å². The Labute approximate surface area is 122 Å². The maximum absolute atomic E-state index is 12.6. The molecule has 5 heteroatoms. The molecule has 0 fully saturated rings. The van der Waals surface area contributed by atoms with E-state index in [9.17, 15) is 9.59 Å². The van der Waals surface area contributed by atoms with Crippen molar-refractivity contribution < 1.29 is 14.7 Å². The molecule has 2 atom stereocenters. The number of nitrogens with zero attached hydrogens (tertiary/aromatic N) is 2. The molecule has 0 radical (unpaired) electrons. The molecular weight excluding hydrogens is 268 g/mol. The van der Waals surface area contributed by atoms with Crippen LogP contribution in [0.5, 0.6) is 0 Å². The molecule has 1 aliphatic heterocycles. The number of carbonyl (C=O) groups is 2. The monoisotopic (exact) mass is 286 g/mol. The third-order valence-electron chi connectivity index (χ3n) is 4.51. The first-order chi connectivity index (χ1) is 9.95. The van der Waals surface area contributed by atoms with E-state index in [-0.39, 0.29) is 23.6 Å². The van der Waals surface area contributed by atoms with Gasteiger partial charge in [-0.3, -0.25) is 4.79 Å². The summed E-state index contributed by atoms with van der Waals surface area (Å²) in [5.41, 5.74) is 1.70. The third kappa shape index (κ3) is 1.84. The fraction of sp³-hybridized carbons (Fsp3) is 0.375. The Morgan fingerprint density at radius 1 is 1.24 bits per heavy atom. The number of amides is 1. The molecule has 0 bridgehead atoms. The van der Waals surface area contributed by atoms with Gasteiger partial charge < -0.3 is 14.6 Å². The SMILES string of the molecule is CCN1C(=O)c2cc3ccc(C(=O)O)cc3n2[C@@H](C)[C@H]1C. The summed E-state index contributed by atoms with van der Waals surface area (Å²) >= 11 is 0. The summed E-state index contributed by atoms with van der Waals surface area (Å²) in [5.74, 6) is -0.943. The van der Waals surface area contributed by atoms with Crippen molar-refractivity contribution in [1.29, 1.82) is 0 Å². The fourth-order valence-electron chi connectivity index (χ4n) is 3.20. The van der Waals surface area contributed by atoms with Crippen LogP contribution >= 0.6 is 0 Å². The lowest BCUT2D eigenvalue weighted by Crippen LogP contribution is -2.48. The molecule has 0 saturated heterocycles. The van der Waals surface area contributed by atoms with E-state index in [1.807, 2.05) is 29.4 Å². The fourth-order valence-corrected chi connectivity index (χ4v) is 3.20. The average Bonchev–Trinajstić information content (AvgIpc) is 2.84. The molecule has 110 valence electrons. The Hall–Kier alpha value is -2.30. The first kappa shape index (κ1) is 13.7. The molecule has 2 aromatic rings. The van der Waals surface area contributed by atoms with Crippen LogP contribution in [-0.2, 0) is 0 Å². The minimum absolute atomic E-state index is 0.0103. The summed E-state index contributed by atoms with van der Waals surface area (Å²) in [6, 6.07) is 7.05. The van der Waals surface area contributed by atoms with Gasteiger partial charge in [0.25, 0.3) is 5.91 Å². The Kier molecular flexibility index (Phi) is 3.01. The number of fused-ring (bicyclic) bond motifs is 3. The van der Waals surface area contributed by atoms with Gasteiger partial charge in [0.05, 0.1) is 11.6 Å². The summed E-state index contributed by atoms with van der Waals surface area (Å²) in [4.78, 5) is 25.6. The van der Waals surface area contributed by atoms with Crippen molar-refractivity contribution in [2.24, 2.45) is 0 Å². The lowest BCUT2D eigenvalue weighted by Gasteiger charge is -2.39. The van der Waals surface area contributed by atoms with E-state index in [0.29, 0.717) is 12.2 Å². The van der Waals surface area contributed by atoms with Crippen molar-refractivity contribution in [2.45, 2.75) is 32.9 Å². The molecule has 0 unspecified atom stereocenters. The van der Waals surface area contributed by atoms with Gasteiger partial charge in [-0.15, -0.1) is 0 Å². The molecular formula is C16H18N2O3. The number of aromatic nitrogens is 1. The van der Waals surface area contributed by atoms with Gasteiger partial charge in [0.1, 0.15) is 5.69 Å². The van der Waals surface area contributed by atoms with E-state index in [4.69, 9.17) is 5.11 Å². The third-order valence-corrected chi connectivity index (χ3v) is 4.51. The second kappa shape index (κ2) is 4.62. The van der Waals surface area contributed by atoms with Crippen molar-refractivity contribution in [1.82, 2.24) is 9.47 Å². The predicted octanol–water partition coefficient (Wildman–Crippen LogP) is 2.76. The number of hydrogen-bond donors (Lipinski definition) is 1. The van der Waals surface area contributed by atoms with Gasteiger partial charge >= 0.3 is 5.97 Å². The second-order valence-electron chi connectivity index (χ2n) is 5.55. The minimum Gasteiger partial charge on any atom is -0.478 e. The van der Waals surface area contributed by atoms with Crippen molar-refractivity contribution in [2.75, 3.05) is 6.54 Å². The van der Waals surface area contributed by atoms with Gasteiger partial charge in [-0.05, 0) is 39.0 Å². The standard InChI is InChI=1S/C16H18N2O3/c1-4-17-9(2)10(3)18-13-8-12(16(20)21)6-5-11(13)7-14(18)15(17)19/h5-10H,4H2,1-3H3,(H,20,21)/t9-,10+/m1/s1. The highest BCUT2D eigenvalue weighted by Gasteiger charge is 2.35. The summed E-state index contributed by atoms with van der Waals surface area (Å²) in [7, 11) is 0. The lowest BCUT2D eigenvalue weighted by atomic mass is 10.1. The second-order valence-corrected chi connectivity index (χ2v) is 5.55. The Balaban J connectivity index is 2.27. The zero-order valence-electron chi connectivity index (χ0n) is 12.3. The maximum atomic E-state index is 12.6. The van der Waals surface area contributed by atoms with Gasteiger partial charge in [0, 0.05) is 23.5 Å². The Morgan fingerprint density at radius 3 is 2.57 bits per heavy atom. The first-order valence-electron chi connectivity index (χ1n) is 7.15. The van der Waals surface area contributed by atoms with E-state index < -0.39 is 5.97 Å². The highest BCUT2D eigenvalue weighted by atomic mass is 16.4. The molecule has 1 N–H and O–H groups in total. The van der Waals surface area contributed by atoms with Gasteiger partial charge in [-0.25, -0.2) is 4.79 Å². The van der Waals surface area contributed by atoms with E-state index in [0.717, 1.165) is 10.9 Å².